The van der Waals surface area contributed by atoms with Crippen LogP contribution in [0.2, 0.25) is 0 Å². The molecule has 0 bridgehead atoms. The van der Waals surface area contributed by atoms with E-state index >= 15 is 0 Å². The normalized spacial score (nSPS) is 17.1. The molecule has 9 heteroatoms. The van der Waals surface area contributed by atoms with Crippen molar-refractivity contribution in [3.05, 3.63) is 46.8 Å². The van der Waals surface area contributed by atoms with Gasteiger partial charge < -0.3 is 20.7 Å². The smallest absolute Gasteiger partial charge is 0.312 e. The molecule has 1 fully saturated rings. The summed E-state index contributed by atoms with van der Waals surface area (Å²) in [7, 11) is 0. The van der Waals surface area contributed by atoms with Crippen molar-refractivity contribution in [3.63, 3.8) is 0 Å². The number of nitrogens with one attached hydrogen (secondary N) is 1. The zero-order valence-electron chi connectivity index (χ0n) is 16.0. The molecule has 3 rings (SSSR count). The minimum atomic E-state index is -1.09. The van der Waals surface area contributed by atoms with E-state index in [1.54, 1.807) is 10.3 Å². The van der Waals surface area contributed by atoms with Crippen molar-refractivity contribution in [2.45, 2.75) is 26.4 Å². The molecule has 0 spiro atoms. The highest BCUT2D eigenvalue weighted by Gasteiger charge is 2.37. The number of nitrogens with two attached hydrogens (primary N) is 1. The van der Waals surface area contributed by atoms with Gasteiger partial charge in [-0.05, 0) is 37.4 Å². The quantitative estimate of drug-likeness (QED) is 0.700. The first-order valence-electron chi connectivity index (χ1n) is 9.02. The average molecular weight is 415 g/mol. The minimum absolute atomic E-state index is 0.0256. The van der Waals surface area contributed by atoms with E-state index in [1.807, 2.05) is 31.2 Å². The van der Waals surface area contributed by atoms with Gasteiger partial charge in [0.05, 0.1) is 11.5 Å². The van der Waals surface area contributed by atoms with Gasteiger partial charge in [0, 0.05) is 18.7 Å². The fourth-order valence-electron chi connectivity index (χ4n) is 2.98. The van der Waals surface area contributed by atoms with Crippen LogP contribution in [0.15, 0.2) is 35.7 Å². The number of aryl methyl sites for hydroxylation is 1. The third-order valence-electron chi connectivity index (χ3n) is 4.63. The number of hydrogen-bond acceptors (Lipinski definition) is 6. The van der Waals surface area contributed by atoms with Crippen molar-refractivity contribution >= 4 is 45.7 Å². The first-order chi connectivity index (χ1) is 13.8. The van der Waals surface area contributed by atoms with E-state index < -0.39 is 29.8 Å². The highest BCUT2D eigenvalue weighted by Crippen LogP contribution is 2.27. The van der Waals surface area contributed by atoms with Crippen LogP contribution in [0, 0.1) is 12.8 Å². The Balaban J connectivity index is 1.58. The van der Waals surface area contributed by atoms with Gasteiger partial charge in [-0.15, -0.1) is 11.3 Å². The molecule has 0 unspecified atom stereocenters. The molecule has 152 valence electrons. The van der Waals surface area contributed by atoms with E-state index in [-0.39, 0.29) is 24.4 Å². The third kappa shape index (κ3) is 4.62. The number of benzene rings is 1. The van der Waals surface area contributed by atoms with Crippen molar-refractivity contribution < 1.29 is 23.9 Å². The van der Waals surface area contributed by atoms with Crippen LogP contribution < -0.4 is 16.0 Å². The number of carbonyl (C=O) groups is 4. The fourth-order valence-corrected chi connectivity index (χ4v) is 3.77. The molecule has 3 N–H and O–H groups in total. The van der Waals surface area contributed by atoms with Gasteiger partial charge in [0.1, 0.15) is 5.00 Å². The van der Waals surface area contributed by atoms with Gasteiger partial charge in [-0.2, -0.15) is 0 Å². The van der Waals surface area contributed by atoms with E-state index in [0.29, 0.717) is 5.00 Å². The van der Waals surface area contributed by atoms with E-state index in [4.69, 9.17) is 10.5 Å². The first-order valence-corrected chi connectivity index (χ1v) is 9.90. The molecule has 29 heavy (non-hydrogen) atoms. The van der Waals surface area contributed by atoms with Crippen molar-refractivity contribution in [1.82, 2.24) is 0 Å². The summed E-state index contributed by atoms with van der Waals surface area (Å²) in [5.74, 6) is -2.67. The van der Waals surface area contributed by atoms with Gasteiger partial charge in [0.2, 0.25) is 5.91 Å². The zero-order chi connectivity index (χ0) is 21.1. The van der Waals surface area contributed by atoms with Gasteiger partial charge in [-0.3, -0.25) is 19.2 Å². The second kappa shape index (κ2) is 8.44. The molecule has 1 aliphatic heterocycles. The minimum Gasteiger partial charge on any atom is -0.452 e. The van der Waals surface area contributed by atoms with Crippen LogP contribution in [0.3, 0.4) is 0 Å². The number of carbonyl (C=O) groups excluding carboxylic acids is 4. The maximum Gasteiger partial charge on any atom is 0.312 e. The Hall–Kier alpha value is -3.20. The molecule has 1 saturated heterocycles. The number of esters is 1. The second-order valence-corrected chi connectivity index (χ2v) is 7.75. The molecule has 0 aliphatic carbocycles. The van der Waals surface area contributed by atoms with E-state index in [9.17, 15) is 19.2 Å². The Bertz CT molecular complexity index is 953. The second-order valence-electron chi connectivity index (χ2n) is 6.84. The van der Waals surface area contributed by atoms with Gasteiger partial charge in [-0.25, -0.2) is 0 Å². The molecule has 0 saturated carbocycles. The molecule has 2 aromatic rings. The Labute approximate surface area is 171 Å². The fraction of sp³-hybridized carbons (Fsp3) is 0.300. The number of primary amides is 1. The van der Waals surface area contributed by atoms with Crippen molar-refractivity contribution in [1.29, 1.82) is 0 Å². The molecule has 1 aliphatic rings. The number of thiophene rings is 1. The van der Waals surface area contributed by atoms with Crippen molar-refractivity contribution in [2.75, 3.05) is 16.8 Å². The Morgan fingerprint density at radius 2 is 1.93 bits per heavy atom. The lowest BCUT2D eigenvalue weighted by molar-refractivity contribution is -0.157. The Kier molecular flexibility index (Phi) is 5.97. The third-order valence-corrected chi connectivity index (χ3v) is 5.46. The summed E-state index contributed by atoms with van der Waals surface area (Å²) in [6.45, 7) is 3.58. The molecule has 1 aromatic carbocycles. The molecular weight excluding hydrogens is 394 g/mol. The average Bonchev–Trinajstić information content (AvgIpc) is 3.29. The van der Waals surface area contributed by atoms with Gasteiger partial charge in [0.15, 0.2) is 6.10 Å². The lowest BCUT2D eigenvalue weighted by atomic mass is 10.1. The molecule has 0 radical (unpaired) electrons. The van der Waals surface area contributed by atoms with Crippen LogP contribution in [0.1, 0.15) is 29.3 Å². The van der Waals surface area contributed by atoms with E-state index in [1.165, 1.54) is 13.0 Å². The van der Waals surface area contributed by atoms with Crippen LogP contribution in [-0.2, 0) is 19.1 Å². The predicted octanol–water partition coefficient (Wildman–Crippen LogP) is 2.08. The van der Waals surface area contributed by atoms with Crippen LogP contribution in [0.25, 0.3) is 0 Å². The lowest BCUT2D eigenvalue weighted by Gasteiger charge is -2.18. The highest BCUT2D eigenvalue weighted by atomic mass is 32.1. The molecular formula is C20H21N3O5S. The van der Waals surface area contributed by atoms with Crippen LogP contribution in [-0.4, -0.2) is 36.3 Å². The van der Waals surface area contributed by atoms with Crippen molar-refractivity contribution in [3.8, 4) is 0 Å². The lowest BCUT2D eigenvalue weighted by Crippen LogP contribution is -2.33. The maximum atomic E-state index is 12.5. The summed E-state index contributed by atoms with van der Waals surface area (Å²) in [4.78, 5) is 50.0. The molecule has 3 amide bonds. The zero-order valence-corrected chi connectivity index (χ0v) is 16.8. The SMILES string of the molecule is Cc1ccc(N2C[C@@H](C(=O)O[C@H](C)C(=O)Nc3sccc3C(N)=O)CC2=O)cc1. The van der Waals surface area contributed by atoms with Crippen LogP contribution >= 0.6 is 11.3 Å². The number of nitrogens with zero attached hydrogens (tertiary/aromatic N) is 1. The summed E-state index contributed by atoms with van der Waals surface area (Å²) in [6, 6.07) is 8.95. The van der Waals surface area contributed by atoms with Crippen molar-refractivity contribution in [2.24, 2.45) is 11.7 Å². The topological polar surface area (TPSA) is 119 Å². The molecule has 2 atom stereocenters. The monoisotopic (exact) mass is 415 g/mol. The summed E-state index contributed by atoms with van der Waals surface area (Å²) in [5.41, 5.74) is 7.23. The highest BCUT2D eigenvalue weighted by molar-refractivity contribution is 7.14. The van der Waals surface area contributed by atoms with Gasteiger partial charge in [-0.1, -0.05) is 17.7 Å². The van der Waals surface area contributed by atoms with E-state index in [0.717, 1.165) is 22.6 Å². The van der Waals surface area contributed by atoms with Gasteiger partial charge in [0.25, 0.3) is 11.8 Å². The van der Waals surface area contributed by atoms with Crippen LogP contribution in [0.5, 0.6) is 0 Å². The number of anilines is 2. The number of hydrogen-bond donors (Lipinski definition) is 2. The number of amides is 3. The summed E-state index contributed by atoms with van der Waals surface area (Å²) in [5, 5.41) is 4.46. The molecule has 1 aromatic heterocycles. The van der Waals surface area contributed by atoms with Gasteiger partial charge >= 0.3 is 5.97 Å². The Morgan fingerprint density at radius 1 is 1.24 bits per heavy atom. The van der Waals surface area contributed by atoms with Crippen LogP contribution in [0.4, 0.5) is 10.7 Å². The summed E-state index contributed by atoms with van der Waals surface area (Å²) < 4.78 is 5.26. The maximum absolute atomic E-state index is 12.5. The standard InChI is InChI=1S/C20H21N3O5S/c1-11-3-5-14(6-4-11)23-10-13(9-16(23)24)20(27)28-12(2)18(26)22-19-15(17(21)25)7-8-29-19/h3-8,12-13H,9-10H2,1-2H3,(H2,21,25)(H,22,26)/t12-,13+/m1/s1. The Morgan fingerprint density at radius 3 is 2.59 bits per heavy atom. The number of rotatable bonds is 6. The summed E-state index contributed by atoms with van der Waals surface area (Å²) >= 11 is 1.14. The first kappa shape index (κ1) is 20.5. The summed E-state index contributed by atoms with van der Waals surface area (Å²) in [6.07, 6.45) is -1.06. The predicted molar refractivity (Wildman–Crippen MR) is 109 cm³/mol. The molecule has 8 nitrogen and oxygen atoms in total. The number of ether oxygens (including phenoxy) is 1. The molecule has 2 heterocycles. The largest absolute Gasteiger partial charge is 0.452 e. The van der Waals surface area contributed by atoms with E-state index in [2.05, 4.69) is 5.32 Å².